The van der Waals surface area contributed by atoms with Crippen LogP contribution < -0.4 is 21.1 Å². The second-order valence-corrected chi connectivity index (χ2v) is 9.37. The summed E-state index contributed by atoms with van der Waals surface area (Å²) in [6.45, 7) is 9.88. The number of hydrogen-bond acceptors (Lipinski definition) is 8. The van der Waals surface area contributed by atoms with Crippen molar-refractivity contribution in [2.75, 3.05) is 43.9 Å². The molecule has 1 aliphatic heterocycles. The van der Waals surface area contributed by atoms with E-state index in [1.807, 2.05) is 51.1 Å². The van der Waals surface area contributed by atoms with E-state index in [0.717, 1.165) is 30.4 Å². The molecule has 0 aliphatic carbocycles. The molecule has 1 atom stereocenters. The molecule has 1 amide bonds. The Morgan fingerprint density at radius 2 is 1.88 bits per heavy atom. The molecule has 4 N–H and O–H groups in total. The van der Waals surface area contributed by atoms with Crippen LogP contribution in [0.4, 0.5) is 17.3 Å². The molecule has 1 aromatic heterocycles. The van der Waals surface area contributed by atoms with Gasteiger partial charge in [-0.1, -0.05) is 44.0 Å². The Bertz CT molecular complexity index is 1530. The second kappa shape index (κ2) is 14.1. The predicted molar refractivity (Wildman–Crippen MR) is 164 cm³/mol. The van der Waals surface area contributed by atoms with E-state index in [0.29, 0.717) is 53.3 Å². The van der Waals surface area contributed by atoms with Crippen molar-refractivity contribution in [2.24, 2.45) is 0 Å². The Kier molecular flexibility index (Phi) is 10.1. The van der Waals surface area contributed by atoms with Gasteiger partial charge in [0.2, 0.25) is 11.8 Å². The summed E-state index contributed by atoms with van der Waals surface area (Å²) < 4.78 is 11.5. The Labute approximate surface area is 241 Å². The Hall–Kier alpha value is -4.65. The van der Waals surface area contributed by atoms with Gasteiger partial charge in [0.15, 0.2) is 0 Å². The first-order valence-electron chi connectivity index (χ1n) is 13.8. The van der Waals surface area contributed by atoms with Crippen molar-refractivity contribution in [2.45, 2.75) is 26.8 Å². The molecule has 5 rings (SSSR count). The van der Waals surface area contributed by atoms with Gasteiger partial charge in [0.1, 0.15) is 5.75 Å². The van der Waals surface area contributed by atoms with Crippen LogP contribution >= 0.6 is 0 Å². The summed E-state index contributed by atoms with van der Waals surface area (Å²) in [5, 5.41) is 7.99. The summed E-state index contributed by atoms with van der Waals surface area (Å²) in [5.74, 6) is 3.69. The number of nitrogens with one attached hydrogen (secondary N) is 2. The van der Waals surface area contributed by atoms with Crippen LogP contribution in [0.3, 0.4) is 0 Å². The lowest BCUT2D eigenvalue weighted by molar-refractivity contribution is 0.0342. The number of aromatic nitrogens is 2. The van der Waals surface area contributed by atoms with Crippen LogP contribution in [0.5, 0.6) is 11.6 Å². The van der Waals surface area contributed by atoms with E-state index < -0.39 is 0 Å². The normalized spacial score (nSPS) is 13.8. The number of benzene rings is 3. The summed E-state index contributed by atoms with van der Waals surface area (Å²) in [7, 11) is 0. The van der Waals surface area contributed by atoms with Crippen LogP contribution in [-0.4, -0.2) is 59.7 Å². The molecule has 0 bridgehead atoms. The third kappa shape index (κ3) is 7.72. The van der Waals surface area contributed by atoms with Crippen LogP contribution in [0, 0.1) is 12.3 Å². The molecule has 9 nitrogen and oxygen atoms in total. The Morgan fingerprint density at radius 1 is 1.12 bits per heavy atom. The molecule has 1 unspecified atom stereocenters. The summed E-state index contributed by atoms with van der Waals surface area (Å²) in [5.41, 5.74) is 8.38. The lowest BCUT2D eigenvalue weighted by Crippen LogP contribution is -2.46. The molecule has 4 aromatic rings. The van der Waals surface area contributed by atoms with Crippen molar-refractivity contribution >= 4 is 34.0 Å². The molecule has 2 heterocycles. The number of nitrogen functional groups attached to an aromatic ring is 1. The number of morpholine rings is 1. The topological polar surface area (TPSA) is 115 Å². The van der Waals surface area contributed by atoms with Gasteiger partial charge in [-0.05, 0) is 37.3 Å². The van der Waals surface area contributed by atoms with Crippen molar-refractivity contribution in [1.82, 2.24) is 20.2 Å². The number of rotatable bonds is 8. The highest BCUT2D eigenvalue weighted by atomic mass is 16.5. The molecular formula is C32H36N6O3. The fourth-order valence-electron chi connectivity index (χ4n) is 4.52. The molecule has 41 heavy (non-hydrogen) atoms. The molecular weight excluding hydrogens is 516 g/mol. The molecule has 1 fully saturated rings. The highest BCUT2D eigenvalue weighted by Crippen LogP contribution is 2.32. The van der Waals surface area contributed by atoms with Crippen molar-refractivity contribution in [3.8, 4) is 24.0 Å². The van der Waals surface area contributed by atoms with Gasteiger partial charge in [-0.2, -0.15) is 4.98 Å². The molecule has 0 spiro atoms. The molecule has 212 valence electrons. The van der Waals surface area contributed by atoms with Crippen molar-refractivity contribution in [1.29, 1.82) is 0 Å². The average molecular weight is 553 g/mol. The number of amides is 1. The smallest absolute Gasteiger partial charge is 0.251 e. The maximum absolute atomic E-state index is 13.0. The highest BCUT2D eigenvalue weighted by molar-refractivity contribution is 5.97. The van der Waals surface area contributed by atoms with E-state index in [1.54, 1.807) is 36.5 Å². The number of carbonyl (C=O) groups excluding carboxylic acids is 1. The van der Waals surface area contributed by atoms with Gasteiger partial charge in [0.25, 0.3) is 5.91 Å². The Morgan fingerprint density at radius 3 is 2.63 bits per heavy atom. The van der Waals surface area contributed by atoms with Crippen LogP contribution in [-0.2, 0) is 4.74 Å². The maximum Gasteiger partial charge on any atom is 0.251 e. The van der Waals surface area contributed by atoms with Gasteiger partial charge in [-0.15, -0.1) is 6.42 Å². The SMILES string of the molecule is C#Cc1cc(Nc2nccc(Oc3ccc(N)c4ccccc34)n2)cc(C(=O)NC(C)CN2CCOCC2)c1.CC. The minimum atomic E-state index is -0.204. The van der Waals surface area contributed by atoms with Gasteiger partial charge in [-0.3, -0.25) is 9.69 Å². The lowest BCUT2D eigenvalue weighted by Gasteiger charge is -2.29. The van der Waals surface area contributed by atoms with Gasteiger partial charge in [0, 0.05) is 71.2 Å². The van der Waals surface area contributed by atoms with E-state index in [2.05, 4.69) is 31.4 Å². The van der Waals surface area contributed by atoms with E-state index >= 15 is 0 Å². The number of ether oxygens (including phenoxy) is 2. The van der Waals surface area contributed by atoms with Gasteiger partial charge in [0.05, 0.1) is 13.2 Å². The molecule has 0 saturated carbocycles. The summed E-state index contributed by atoms with van der Waals surface area (Å²) in [4.78, 5) is 24.1. The maximum atomic E-state index is 13.0. The average Bonchev–Trinajstić information content (AvgIpc) is 3.00. The van der Waals surface area contributed by atoms with Gasteiger partial charge >= 0.3 is 0 Å². The van der Waals surface area contributed by atoms with E-state index in [4.69, 9.17) is 21.6 Å². The Balaban J connectivity index is 0.00000189. The third-order valence-corrected chi connectivity index (χ3v) is 6.39. The van der Waals surface area contributed by atoms with Gasteiger partial charge in [-0.25, -0.2) is 4.98 Å². The van der Waals surface area contributed by atoms with E-state index in [1.165, 1.54) is 0 Å². The van der Waals surface area contributed by atoms with E-state index in [-0.39, 0.29) is 11.9 Å². The number of hydrogen-bond donors (Lipinski definition) is 3. The molecule has 9 heteroatoms. The quantitative estimate of drug-likeness (QED) is 0.202. The highest BCUT2D eigenvalue weighted by Gasteiger charge is 2.17. The zero-order valence-electron chi connectivity index (χ0n) is 23.7. The summed E-state index contributed by atoms with van der Waals surface area (Å²) in [6.07, 6.45) is 7.28. The first kappa shape index (κ1) is 29.3. The van der Waals surface area contributed by atoms with Gasteiger partial charge < -0.3 is 25.8 Å². The minimum absolute atomic E-state index is 0.0388. The number of nitrogens with two attached hydrogens (primary N) is 1. The number of anilines is 3. The fraction of sp³-hybridized carbons (Fsp3) is 0.281. The van der Waals surface area contributed by atoms with Crippen LogP contribution in [0.15, 0.2) is 66.9 Å². The molecule has 1 saturated heterocycles. The second-order valence-electron chi connectivity index (χ2n) is 9.37. The number of terminal acetylenes is 1. The van der Waals surface area contributed by atoms with Crippen molar-refractivity contribution < 1.29 is 14.3 Å². The third-order valence-electron chi connectivity index (χ3n) is 6.39. The largest absolute Gasteiger partial charge is 0.438 e. The first-order chi connectivity index (χ1) is 20.0. The predicted octanol–water partition coefficient (Wildman–Crippen LogP) is 5.21. The molecule has 3 aromatic carbocycles. The molecule has 0 radical (unpaired) electrons. The number of nitrogens with zero attached hydrogens (tertiary/aromatic N) is 3. The monoisotopic (exact) mass is 552 g/mol. The molecule has 1 aliphatic rings. The summed E-state index contributed by atoms with van der Waals surface area (Å²) >= 11 is 0. The van der Waals surface area contributed by atoms with Crippen molar-refractivity contribution in [3.63, 3.8) is 0 Å². The number of fused-ring (bicyclic) bond motifs is 1. The summed E-state index contributed by atoms with van der Waals surface area (Å²) in [6, 6.07) is 18.2. The standard InChI is InChI=1S/C30H30N6O3.C2H6/c1-3-21-16-22(29(37)33-20(2)19-36-12-14-38-15-13-36)18-23(17-21)34-30-32-11-10-28(35-30)39-27-9-8-26(31)24-6-4-5-7-25(24)27;1-2/h1,4-11,16-18,20H,12-15,19,31H2,2H3,(H,33,37)(H,32,34,35);1-2H3. The zero-order valence-corrected chi connectivity index (χ0v) is 23.7. The van der Waals surface area contributed by atoms with Crippen LogP contribution in [0.2, 0.25) is 0 Å². The number of carbonyl (C=O) groups is 1. The van der Waals surface area contributed by atoms with Crippen molar-refractivity contribution in [3.05, 3.63) is 78.0 Å². The van der Waals surface area contributed by atoms with Crippen LogP contribution in [0.1, 0.15) is 36.7 Å². The van der Waals surface area contributed by atoms with Crippen LogP contribution in [0.25, 0.3) is 10.8 Å². The first-order valence-corrected chi connectivity index (χ1v) is 13.8. The lowest BCUT2D eigenvalue weighted by atomic mass is 10.1. The van der Waals surface area contributed by atoms with E-state index in [9.17, 15) is 4.79 Å². The zero-order chi connectivity index (χ0) is 29.2. The fourth-order valence-corrected chi connectivity index (χ4v) is 4.52. The minimum Gasteiger partial charge on any atom is -0.438 e.